The van der Waals surface area contributed by atoms with Crippen LogP contribution in [-0.4, -0.2) is 83.5 Å². The molecule has 0 bridgehead atoms. The molecule has 2 aromatic heterocycles. The lowest BCUT2D eigenvalue weighted by atomic mass is 9.96. The standard InChI is InChI=1S/C22H28F3N7O3/c1-15-10-17-18(13-28-29-20(17)34)32(14-15)7-9-35-8-2-19(33)30-3-5-31(6-4-30)21-26-11-16(12-27-21)22(23,24)25/h11-13,15H,2-10,14H2,1H3,(H,29,34). The third-order valence-corrected chi connectivity index (χ3v) is 6.21. The van der Waals surface area contributed by atoms with Gasteiger partial charge in [0.2, 0.25) is 11.9 Å². The predicted octanol–water partition coefficient (Wildman–Crippen LogP) is 1.33. The van der Waals surface area contributed by atoms with Gasteiger partial charge in [0.15, 0.2) is 0 Å². The van der Waals surface area contributed by atoms with E-state index < -0.39 is 11.7 Å². The van der Waals surface area contributed by atoms with Crippen LogP contribution in [0, 0.1) is 5.92 Å². The number of amides is 1. The predicted molar refractivity (Wildman–Crippen MR) is 121 cm³/mol. The van der Waals surface area contributed by atoms with Crippen molar-refractivity contribution in [1.82, 2.24) is 25.1 Å². The van der Waals surface area contributed by atoms with E-state index in [1.165, 1.54) is 0 Å². The van der Waals surface area contributed by atoms with Crippen molar-refractivity contribution >= 4 is 17.5 Å². The quantitative estimate of drug-likeness (QED) is 0.574. The summed E-state index contributed by atoms with van der Waals surface area (Å²) in [5.41, 5.74) is 0.533. The number of nitrogens with one attached hydrogen (secondary N) is 1. The first-order chi connectivity index (χ1) is 16.7. The van der Waals surface area contributed by atoms with Crippen LogP contribution in [0.3, 0.4) is 0 Å². The molecule has 1 atom stereocenters. The van der Waals surface area contributed by atoms with Crippen molar-refractivity contribution in [2.75, 3.05) is 62.3 Å². The molecule has 1 saturated heterocycles. The van der Waals surface area contributed by atoms with Crippen LogP contribution in [0.25, 0.3) is 0 Å². The second-order valence-corrected chi connectivity index (χ2v) is 8.82. The lowest BCUT2D eigenvalue weighted by Gasteiger charge is -2.35. The number of fused-ring (bicyclic) bond motifs is 1. The summed E-state index contributed by atoms with van der Waals surface area (Å²) in [6.07, 6.45) is -0.299. The number of rotatable bonds is 7. The van der Waals surface area contributed by atoms with Crippen molar-refractivity contribution in [3.63, 3.8) is 0 Å². The molecular formula is C22H28F3N7O3. The van der Waals surface area contributed by atoms with Gasteiger partial charge in [-0.15, -0.1) is 0 Å². The number of aromatic nitrogens is 4. The second-order valence-electron chi connectivity index (χ2n) is 8.82. The van der Waals surface area contributed by atoms with Gasteiger partial charge in [0.05, 0.1) is 37.1 Å². The van der Waals surface area contributed by atoms with Gasteiger partial charge in [-0.3, -0.25) is 9.59 Å². The van der Waals surface area contributed by atoms with Crippen molar-refractivity contribution in [3.05, 3.63) is 40.1 Å². The van der Waals surface area contributed by atoms with Crippen molar-refractivity contribution in [1.29, 1.82) is 0 Å². The number of carbonyl (C=O) groups is 1. The molecule has 0 radical (unpaired) electrons. The molecule has 2 aliphatic rings. The largest absolute Gasteiger partial charge is 0.419 e. The number of alkyl halides is 3. The monoisotopic (exact) mass is 495 g/mol. The molecule has 1 N–H and O–H groups in total. The maximum atomic E-state index is 12.7. The summed E-state index contributed by atoms with van der Waals surface area (Å²) in [5, 5.41) is 6.39. The molecule has 1 fully saturated rings. The van der Waals surface area contributed by atoms with E-state index in [4.69, 9.17) is 4.74 Å². The number of piperazine rings is 1. The maximum absolute atomic E-state index is 12.7. The van der Waals surface area contributed by atoms with Crippen LogP contribution >= 0.6 is 0 Å². The molecule has 35 heavy (non-hydrogen) atoms. The molecule has 2 aliphatic heterocycles. The number of anilines is 2. The van der Waals surface area contributed by atoms with Crippen LogP contribution in [0.4, 0.5) is 24.8 Å². The van der Waals surface area contributed by atoms with E-state index >= 15 is 0 Å². The van der Waals surface area contributed by atoms with Gasteiger partial charge in [-0.05, 0) is 12.3 Å². The van der Waals surface area contributed by atoms with Crippen molar-refractivity contribution in [3.8, 4) is 0 Å². The molecule has 0 aromatic carbocycles. The maximum Gasteiger partial charge on any atom is 0.419 e. The Balaban J connectivity index is 1.17. The Hall–Kier alpha value is -3.22. The minimum absolute atomic E-state index is 0.0364. The van der Waals surface area contributed by atoms with E-state index in [9.17, 15) is 22.8 Å². The molecule has 0 spiro atoms. The molecule has 0 aliphatic carbocycles. The lowest BCUT2D eigenvalue weighted by Crippen LogP contribution is -2.49. The van der Waals surface area contributed by atoms with Crippen molar-refractivity contribution < 1.29 is 22.7 Å². The first-order valence-electron chi connectivity index (χ1n) is 11.5. The van der Waals surface area contributed by atoms with Crippen LogP contribution in [0.1, 0.15) is 24.5 Å². The Morgan fingerprint density at radius 1 is 1.14 bits per heavy atom. The average Bonchev–Trinajstić information content (AvgIpc) is 2.84. The third kappa shape index (κ3) is 6.08. The van der Waals surface area contributed by atoms with Gasteiger partial charge < -0.3 is 19.4 Å². The molecule has 10 nitrogen and oxygen atoms in total. The van der Waals surface area contributed by atoms with Crippen LogP contribution in [-0.2, 0) is 22.1 Å². The van der Waals surface area contributed by atoms with Crippen LogP contribution in [0.15, 0.2) is 23.4 Å². The van der Waals surface area contributed by atoms with Gasteiger partial charge in [-0.2, -0.15) is 18.3 Å². The Morgan fingerprint density at radius 3 is 2.54 bits per heavy atom. The van der Waals surface area contributed by atoms with Gasteiger partial charge in [0.1, 0.15) is 0 Å². The average molecular weight is 496 g/mol. The van der Waals surface area contributed by atoms with E-state index in [-0.39, 0.29) is 30.4 Å². The fourth-order valence-electron chi connectivity index (χ4n) is 4.36. The summed E-state index contributed by atoms with van der Waals surface area (Å²) >= 11 is 0. The topological polar surface area (TPSA) is 108 Å². The van der Waals surface area contributed by atoms with E-state index in [1.54, 1.807) is 16.0 Å². The minimum atomic E-state index is -4.47. The summed E-state index contributed by atoms with van der Waals surface area (Å²) in [6, 6.07) is 0. The number of hydrogen-bond acceptors (Lipinski definition) is 8. The third-order valence-electron chi connectivity index (χ3n) is 6.21. The smallest absolute Gasteiger partial charge is 0.379 e. The first-order valence-corrected chi connectivity index (χ1v) is 11.5. The van der Waals surface area contributed by atoms with Gasteiger partial charge in [0.25, 0.3) is 5.56 Å². The highest BCUT2D eigenvalue weighted by Crippen LogP contribution is 2.28. The van der Waals surface area contributed by atoms with E-state index in [2.05, 4.69) is 32.0 Å². The first kappa shape index (κ1) is 24.9. The number of H-pyrrole nitrogens is 1. The van der Waals surface area contributed by atoms with E-state index in [1.807, 2.05) is 0 Å². The van der Waals surface area contributed by atoms with Gasteiger partial charge in [-0.1, -0.05) is 6.92 Å². The fraction of sp³-hybridized carbons (Fsp3) is 0.591. The van der Waals surface area contributed by atoms with Gasteiger partial charge in [0, 0.05) is 57.2 Å². The highest BCUT2D eigenvalue weighted by atomic mass is 19.4. The van der Waals surface area contributed by atoms with Crippen LogP contribution in [0.5, 0.6) is 0 Å². The highest BCUT2D eigenvalue weighted by Gasteiger charge is 2.32. The second kappa shape index (κ2) is 10.6. The highest BCUT2D eigenvalue weighted by molar-refractivity contribution is 5.76. The lowest BCUT2D eigenvalue weighted by molar-refractivity contribution is -0.138. The summed E-state index contributed by atoms with van der Waals surface area (Å²) in [4.78, 5) is 37.8. The zero-order valence-corrected chi connectivity index (χ0v) is 19.4. The Kier molecular flexibility index (Phi) is 7.53. The Bertz CT molecular complexity index is 1070. The SMILES string of the molecule is CC1Cc2c(cn[nH]c2=O)N(CCOCCC(=O)N2CCN(c3ncc(C(F)(F)F)cn3)CC2)C1. The van der Waals surface area contributed by atoms with E-state index in [0.29, 0.717) is 45.2 Å². The summed E-state index contributed by atoms with van der Waals surface area (Å²) in [6.45, 7) is 5.97. The van der Waals surface area contributed by atoms with Crippen molar-refractivity contribution in [2.45, 2.75) is 25.9 Å². The van der Waals surface area contributed by atoms with Crippen LogP contribution < -0.4 is 15.4 Å². The number of ether oxygens (including phenoxy) is 1. The fourth-order valence-corrected chi connectivity index (χ4v) is 4.36. The normalized spacial score (nSPS) is 18.5. The van der Waals surface area contributed by atoms with Gasteiger partial charge >= 0.3 is 6.18 Å². The molecule has 2 aromatic rings. The number of carbonyl (C=O) groups excluding carboxylic acids is 1. The molecule has 0 saturated carbocycles. The molecular weight excluding hydrogens is 467 g/mol. The van der Waals surface area contributed by atoms with Crippen molar-refractivity contribution in [2.24, 2.45) is 5.92 Å². The number of hydrogen-bond donors (Lipinski definition) is 1. The van der Waals surface area contributed by atoms with Gasteiger partial charge in [-0.25, -0.2) is 15.1 Å². The number of halogens is 3. The Morgan fingerprint density at radius 2 is 1.86 bits per heavy atom. The molecule has 13 heteroatoms. The minimum Gasteiger partial charge on any atom is -0.379 e. The molecule has 4 rings (SSSR count). The van der Waals surface area contributed by atoms with Crippen LogP contribution in [0.2, 0.25) is 0 Å². The summed E-state index contributed by atoms with van der Waals surface area (Å²) in [5.74, 6) is 0.532. The van der Waals surface area contributed by atoms with E-state index in [0.717, 1.165) is 36.6 Å². The zero-order chi connectivity index (χ0) is 25.0. The summed E-state index contributed by atoms with van der Waals surface area (Å²) < 4.78 is 43.7. The molecule has 1 amide bonds. The zero-order valence-electron chi connectivity index (χ0n) is 19.4. The number of aromatic amines is 1. The number of nitrogens with zero attached hydrogens (tertiary/aromatic N) is 6. The summed E-state index contributed by atoms with van der Waals surface area (Å²) in [7, 11) is 0. The molecule has 4 heterocycles. The Labute approximate surface area is 200 Å². The molecule has 1 unspecified atom stereocenters. The molecule has 190 valence electrons.